The Hall–Kier alpha value is -3.70. The van der Waals surface area contributed by atoms with Gasteiger partial charge in [-0.25, -0.2) is 28.7 Å². The van der Waals surface area contributed by atoms with Gasteiger partial charge < -0.3 is 10.2 Å². The van der Waals surface area contributed by atoms with Gasteiger partial charge in [0.2, 0.25) is 5.95 Å². The Kier molecular flexibility index (Phi) is 6.90. The number of anilines is 1. The van der Waals surface area contributed by atoms with E-state index in [0.717, 1.165) is 18.6 Å². The van der Waals surface area contributed by atoms with E-state index in [9.17, 15) is 26.7 Å². The van der Waals surface area contributed by atoms with E-state index in [-0.39, 0.29) is 35.4 Å². The van der Waals surface area contributed by atoms with Crippen molar-refractivity contribution in [3.63, 3.8) is 0 Å². The molecule has 7 nitrogen and oxygen atoms in total. The largest absolute Gasteiger partial charge is 0.419 e. The van der Waals surface area contributed by atoms with Crippen molar-refractivity contribution in [3.05, 3.63) is 65.7 Å². The van der Waals surface area contributed by atoms with Crippen LogP contribution in [0.3, 0.4) is 0 Å². The lowest BCUT2D eigenvalue weighted by molar-refractivity contribution is -0.138. The van der Waals surface area contributed by atoms with Crippen LogP contribution in [-0.4, -0.2) is 49.9 Å². The molecular weight excluding hydrogens is 471 g/mol. The molecule has 0 aliphatic carbocycles. The van der Waals surface area contributed by atoms with E-state index in [1.165, 1.54) is 12.4 Å². The Morgan fingerprint density at radius 1 is 1.09 bits per heavy atom. The highest BCUT2D eigenvalue weighted by atomic mass is 19.4. The number of benzene rings is 1. The van der Waals surface area contributed by atoms with Gasteiger partial charge in [0, 0.05) is 43.4 Å². The number of nitrogens with zero attached hydrogens (tertiary/aromatic N) is 5. The first kappa shape index (κ1) is 24.4. The third-order valence-corrected chi connectivity index (χ3v) is 5.92. The summed E-state index contributed by atoms with van der Waals surface area (Å²) in [4.78, 5) is 30.7. The molecule has 1 aromatic carbocycles. The second-order valence-electron chi connectivity index (χ2n) is 8.24. The molecule has 4 rings (SSSR count). The predicted octanol–water partition coefficient (Wildman–Crippen LogP) is 4.58. The first-order valence-electron chi connectivity index (χ1n) is 10.9. The highest BCUT2D eigenvalue weighted by Crippen LogP contribution is 2.30. The van der Waals surface area contributed by atoms with Gasteiger partial charge in [-0.1, -0.05) is 6.92 Å². The van der Waals surface area contributed by atoms with Gasteiger partial charge in [-0.15, -0.1) is 0 Å². The molecule has 3 aromatic rings. The first-order valence-corrected chi connectivity index (χ1v) is 10.9. The number of carbonyl (C=O) groups excluding carboxylic acids is 1. The summed E-state index contributed by atoms with van der Waals surface area (Å²) >= 11 is 0. The van der Waals surface area contributed by atoms with Crippen molar-refractivity contribution in [3.8, 4) is 11.4 Å². The predicted molar refractivity (Wildman–Crippen MR) is 116 cm³/mol. The van der Waals surface area contributed by atoms with Crippen molar-refractivity contribution in [1.82, 2.24) is 24.8 Å². The van der Waals surface area contributed by atoms with E-state index in [1.807, 2.05) is 6.92 Å². The fourth-order valence-electron chi connectivity index (χ4n) is 4.08. The average molecular weight is 492 g/mol. The number of aromatic nitrogens is 4. The molecule has 0 radical (unpaired) electrons. The molecule has 0 saturated carbocycles. The maximum absolute atomic E-state index is 14.2. The molecule has 0 spiro atoms. The Morgan fingerprint density at radius 3 is 2.40 bits per heavy atom. The summed E-state index contributed by atoms with van der Waals surface area (Å²) < 4.78 is 66.5. The molecule has 3 heterocycles. The van der Waals surface area contributed by atoms with Gasteiger partial charge in [0.1, 0.15) is 0 Å². The van der Waals surface area contributed by atoms with Gasteiger partial charge in [-0.05, 0) is 37.0 Å². The molecule has 0 bridgehead atoms. The molecule has 1 amide bonds. The minimum Gasteiger partial charge on any atom is -0.352 e. The second kappa shape index (κ2) is 9.88. The Labute approximate surface area is 197 Å². The minimum absolute atomic E-state index is 0.0105. The van der Waals surface area contributed by atoms with Crippen LogP contribution < -0.4 is 5.32 Å². The standard InChI is InChI=1S/C23H21F5N6O/c1-13-4-2-7-34(19(13)12-33-22-31-10-14(11-32-22)23(26,27)28)21(35)16-9-18(25)17(24)8-15(16)20-29-5-3-6-30-20/h3,5-6,8-11,13,19H,2,4,7,12H2,1H3,(H,31,32,33). The third kappa shape index (κ3) is 5.36. The van der Waals surface area contributed by atoms with Crippen LogP contribution in [0.25, 0.3) is 11.4 Å². The Bertz CT molecular complexity index is 1190. The summed E-state index contributed by atoms with van der Waals surface area (Å²) in [5.74, 6) is -2.77. The maximum atomic E-state index is 14.2. The lowest BCUT2D eigenvalue weighted by Crippen LogP contribution is -2.51. The Morgan fingerprint density at radius 2 is 1.74 bits per heavy atom. The Balaban J connectivity index is 1.60. The average Bonchev–Trinajstić information content (AvgIpc) is 2.84. The molecule has 1 fully saturated rings. The quantitative estimate of drug-likeness (QED) is 0.525. The molecule has 35 heavy (non-hydrogen) atoms. The number of alkyl halides is 3. The third-order valence-electron chi connectivity index (χ3n) is 5.92. The summed E-state index contributed by atoms with van der Waals surface area (Å²) in [7, 11) is 0. The van der Waals surface area contributed by atoms with Crippen molar-refractivity contribution in [2.75, 3.05) is 18.4 Å². The monoisotopic (exact) mass is 492 g/mol. The van der Waals surface area contributed by atoms with Crippen LogP contribution in [0.1, 0.15) is 35.7 Å². The van der Waals surface area contributed by atoms with Crippen molar-refractivity contribution in [1.29, 1.82) is 0 Å². The number of likely N-dealkylation sites (tertiary alicyclic amines) is 1. The number of piperidine rings is 1. The summed E-state index contributed by atoms with van der Waals surface area (Å²) in [5.41, 5.74) is -0.995. The van der Waals surface area contributed by atoms with E-state index >= 15 is 0 Å². The lowest BCUT2D eigenvalue weighted by Gasteiger charge is -2.40. The maximum Gasteiger partial charge on any atom is 0.419 e. The van der Waals surface area contributed by atoms with E-state index in [2.05, 4.69) is 25.3 Å². The molecule has 1 aliphatic rings. The van der Waals surface area contributed by atoms with Gasteiger partial charge in [0.15, 0.2) is 17.5 Å². The molecule has 2 aromatic heterocycles. The van der Waals surface area contributed by atoms with Gasteiger partial charge in [0.25, 0.3) is 5.91 Å². The molecule has 12 heteroatoms. The number of hydrogen-bond acceptors (Lipinski definition) is 6. The molecular formula is C23H21F5N6O. The van der Waals surface area contributed by atoms with Crippen molar-refractivity contribution >= 4 is 11.9 Å². The van der Waals surface area contributed by atoms with Crippen molar-refractivity contribution < 1.29 is 26.7 Å². The number of nitrogens with one attached hydrogen (secondary N) is 1. The second-order valence-corrected chi connectivity index (χ2v) is 8.24. The van der Waals surface area contributed by atoms with Crippen LogP contribution in [0.4, 0.5) is 27.9 Å². The topological polar surface area (TPSA) is 83.9 Å². The molecule has 2 atom stereocenters. The van der Waals surface area contributed by atoms with Gasteiger partial charge in [-0.3, -0.25) is 4.79 Å². The van der Waals surface area contributed by atoms with Crippen LogP contribution in [0.15, 0.2) is 43.0 Å². The molecule has 1 N–H and O–H groups in total. The number of hydrogen-bond donors (Lipinski definition) is 1. The zero-order valence-corrected chi connectivity index (χ0v) is 18.6. The van der Waals surface area contributed by atoms with E-state index in [0.29, 0.717) is 25.4 Å². The van der Waals surface area contributed by atoms with E-state index in [4.69, 9.17) is 0 Å². The van der Waals surface area contributed by atoms with Crippen LogP contribution in [-0.2, 0) is 6.18 Å². The molecule has 1 aliphatic heterocycles. The smallest absolute Gasteiger partial charge is 0.352 e. The number of carbonyl (C=O) groups is 1. The number of halogens is 5. The van der Waals surface area contributed by atoms with Crippen LogP contribution >= 0.6 is 0 Å². The zero-order valence-electron chi connectivity index (χ0n) is 18.6. The number of rotatable bonds is 5. The SMILES string of the molecule is CC1CCCN(C(=O)c2cc(F)c(F)cc2-c2ncccn2)C1CNc1ncc(C(F)(F)F)cn1. The summed E-state index contributed by atoms with van der Waals surface area (Å²) in [6, 6.07) is 2.89. The van der Waals surface area contributed by atoms with Crippen molar-refractivity contribution in [2.45, 2.75) is 32.0 Å². The van der Waals surface area contributed by atoms with E-state index in [1.54, 1.807) is 11.0 Å². The minimum atomic E-state index is -4.55. The van der Waals surface area contributed by atoms with E-state index < -0.39 is 35.3 Å². The van der Waals surface area contributed by atoms with Gasteiger partial charge in [-0.2, -0.15) is 13.2 Å². The fraction of sp³-hybridized carbons (Fsp3) is 0.348. The van der Waals surface area contributed by atoms with Gasteiger partial charge in [0.05, 0.1) is 17.2 Å². The molecule has 1 saturated heterocycles. The van der Waals surface area contributed by atoms with Crippen LogP contribution in [0, 0.1) is 17.6 Å². The van der Waals surface area contributed by atoms with Crippen LogP contribution in [0.2, 0.25) is 0 Å². The zero-order chi connectivity index (χ0) is 25.2. The number of amides is 1. The highest BCUT2D eigenvalue weighted by Gasteiger charge is 2.35. The summed E-state index contributed by atoms with van der Waals surface area (Å²) in [6.45, 7) is 2.45. The van der Waals surface area contributed by atoms with Crippen LogP contribution in [0.5, 0.6) is 0 Å². The normalized spacial score (nSPS) is 18.4. The lowest BCUT2D eigenvalue weighted by atomic mass is 9.89. The summed E-state index contributed by atoms with van der Waals surface area (Å²) in [6.07, 6.45) is 1.16. The first-order chi connectivity index (χ1) is 16.6. The highest BCUT2D eigenvalue weighted by molar-refractivity contribution is 6.00. The van der Waals surface area contributed by atoms with Gasteiger partial charge >= 0.3 is 6.18 Å². The fourth-order valence-corrected chi connectivity index (χ4v) is 4.08. The molecule has 2 unspecified atom stereocenters. The summed E-state index contributed by atoms with van der Waals surface area (Å²) in [5, 5.41) is 2.88. The van der Waals surface area contributed by atoms with Crippen molar-refractivity contribution in [2.24, 2.45) is 5.92 Å². The molecule has 184 valence electrons.